The number of methoxy groups -OCH3 is 3. The number of aliphatic hydroxyl groups is 1. The zero-order chi connectivity index (χ0) is 24.1. The molecule has 3 rings (SSSR count). The van der Waals surface area contributed by atoms with Gasteiger partial charge in [-0.15, -0.1) is 0 Å². The summed E-state index contributed by atoms with van der Waals surface area (Å²) < 4.78 is 16.2. The number of carbonyl (C=O) groups excluding carboxylic acids is 2. The maximum atomic E-state index is 13.2. The quantitative estimate of drug-likeness (QED) is 0.354. The van der Waals surface area contributed by atoms with Gasteiger partial charge in [0.05, 0.1) is 38.5 Å². The average Bonchev–Trinajstić information content (AvgIpc) is 3.07. The summed E-state index contributed by atoms with van der Waals surface area (Å²) >= 11 is 0. The van der Waals surface area contributed by atoms with Crippen LogP contribution in [0, 0.1) is 0 Å². The lowest BCUT2D eigenvalue weighted by Crippen LogP contribution is -2.32. The summed E-state index contributed by atoms with van der Waals surface area (Å²) in [4.78, 5) is 29.8. The number of para-hydroxylation sites is 1. The number of hydrogen-bond acceptors (Lipinski definition) is 7. The van der Waals surface area contributed by atoms with Gasteiger partial charge in [-0.2, -0.15) is 0 Å². The predicted octanol–water partition coefficient (Wildman–Crippen LogP) is 3.09. The molecule has 1 aliphatic rings. The highest BCUT2D eigenvalue weighted by Crippen LogP contribution is 2.44. The van der Waals surface area contributed by atoms with E-state index in [0.29, 0.717) is 41.3 Å². The molecule has 1 fully saturated rings. The van der Waals surface area contributed by atoms with Gasteiger partial charge >= 0.3 is 0 Å². The molecule has 1 aliphatic heterocycles. The van der Waals surface area contributed by atoms with Crippen molar-refractivity contribution in [2.24, 2.45) is 0 Å². The molecule has 1 atom stereocenters. The van der Waals surface area contributed by atoms with Gasteiger partial charge in [0, 0.05) is 18.2 Å². The fourth-order valence-corrected chi connectivity index (χ4v) is 4.02. The van der Waals surface area contributed by atoms with Crippen molar-refractivity contribution in [2.45, 2.75) is 12.5 Å². The van der Waals surface area contributed by atoms with Crippen molar-refractivity contribution < 1.29 is 28.9 Å². The molecular weight excluding hydrogens is 424 g/mol. The molecule has 1 N–H and O–H groups in total. The molecule has 8 heteroatoms. The number of Topliss-reactive ketones (excluding diaryl/α,β-unsaturated/α-hetero) is 1. The summed E-state index contributed by atoms with van der Waals surface area (Å²) in [7, 11) is 8.41. The molecule has 0 radical (unpaired) electrons. The van der Waals surface area contributed by atoms with Crippen molar-refractivity contribution in [2.75, 3.05) is 48.5 Å². The summed E-state index contributed by atoms with van der Waals surface area (Å²) in [5.74, 6) is -0.323. The van der Waals surface area contributed by atoms with E-state index in [4.69, 9.17) is 14.2 Å². The molecule has 0 bridgehead atoms. The maximum absolute atomic E-state index is 13.2. The molecule has 1 heterocycles. The Morgan fingerprint density at radius 2 is 1.70 bits per heavy atom. The van der Waals surface area contributed by atoms with E-state index in [1.807, 2.05) is 31.1 Å². The van der Waals surface area contributed by atoms with Crippen LogP contribution in [-0.2, 0) is 9.59 Å². The van der Waals surface area contributed by atoms with Crippen molar-refractivity contribution >= 4 is 17.4 Å². The maximum Gasteiger partial charge on any atom is 0.295 e. The van der Waals surface area contributed by atoms with Crippen LogP contribution in [0.5, 0.6) is 17.2 Å². The van der Waals surface area contributed by atoms with Crippen LogP contribution < -0.4 is 14.2 Å². The molecule has 2 aromatic rings. The summed E-state index contributed by atoms with van der Waals surface area (Å²) in [6.07, 6.45) is 0.664. The Morgan fingerprint density at radius 3 is 2.33 bits per heavy atom. The Labute approximate surface area is 194 Å². The SMILES string of the molecule is COc1ccc(/C(O)=C2\C(=O)C(=O)N(CCCN(C)C)[C@@H]2c2ccccc2OC)c(OC)c1. The Hall–Kier alpha value is -3.52. The number of benzene rings is 2. The number of amides is 1. The van der Waals surface area contributed by atoms with Crippen molar-refractivity contribution in [1.82, 2.24) is 9.80 Å². The van der Waals surface area contributed by atoms with Gasteiger partial charge < -0.3 is 29.1 Å². The number of ether oxygens (including phenoxy) is 3. The number of likely N-dealkylation sites (tertiary alicyclic amines) is 1. The van der Waals surface area contributed by atoms with E-state index in [-0.39, 0.29) is 11.3 Å². The largest absolute Gasteiger partial charge is 0.507 e. The Bertz CT molecular complexity index is 1060. The lowest BCUT2D eigenvalue weighted by atomic mass is 9.94. The summed E-state index contributed by atoms with van der Waals surface area (Å²) in [5, 5.41) is 11.3. The minimum Gasteiger partial charge on any atom is -0.507 e. The van der Waals surface area contributed by atoms with Gasteiger partial charge in [-0.05, 0) is 45.3 Å². The summed E-state index contributed by atoms with van der Waals surface area (Å²) in [6, 6.07) is 11.3. The van der Waals surface area contributed by atoms with E-state index in [0.717, 1.165) is 6.54 Å². The topological polar surface area (TPSA) is 88.5 Å². The molecule has 1 amide bonds. The van der Waals surface area contributed by atoms with E-state index in [1.165, 1.54) is 26.2 Å². The van der Waals surface area contributed by atoms with Crippen LogP contribution in [0.2, 0.25) is 0 Å². The van der Waals surface area contributed by atoms with Crippen LogP contribution >= 0.6 is 0 Å². The third kappa shape index (κ3) is 4.80. The first kappa shape index (κ1) is 24.1. The van der Waals surface area contributed by atoms with Crippen molar-refractivity contribution in [3.05, 3.63) is 59.2 Å². The number of ketones is 1. The van der Waals surface area contributed by atoms with Crippen LogP contribution in [0.15, 0.2) is 48.0 Å². The molecule has 0 saturated carbocycles. The van der Waals surface area contributed by atoms with Crippen LogP contribution in [-0.4, -0.2) is 75.1 Å². The average molecular weight is 455 g/mol. The van der Waals surface area contributed by atoms with E-state index < -0.39 is 17.7 Å². The summed E-state index contributed by atoms with van der Waals surface area (Å²) in [5.41, 5.74) is 0.917. The van der Waals surface area contributed by atoms with Crippen LogP contribution in [0.1, 0.15) is 23.6 Å². The smallest absolute Gasteiger partial charge is 0.295 e. The van der Waals surface area contributed by atoms with Gasteiger partial charge in [-0.3, -0.25) is 9.59 Å². The standard InChI is InChI=1S/C25H30N2O6/c1-26(2)13-8-14-27-22(17-9-6-7-10-19(17)32-4)21(24(29)25(27)30)23(28)18-12-11-16(31-3)15-20(18)33-5/h6-7,9-12,15,22,28H,8,13-14H2,1-5H3/b23-21+/t22-/m1/s1. The van der Waals surface area contributed by atoms with Crippen molar-refractivity contribution in [3.63, 3.8) is 0 Å². The van der Waals surface area contributed by atoms with Gasteiger partial charge in [0.2, 0.25) is 0 Å². The second-order valence-corrected chi connectivity index (χ2v) is 7.96. The molecule has 0 spiro atoms. The van der Waals surface area contributed by atoms with Crippen LogP contribution in [0.3, 0.4) is 0 Å². The molecule has 1 saturated heterocycles. The first-order chi connectivity index (χ1) is 15.8. The first-order valence-corrected chi connectivity index (χ1v) is 10.6. The predicted molar refractivity (Wildman–Crippen MR) is 125 cm³/mol. The lowest BCUT2D eigenvalue weighted by Gasteiger charge is -2.27. The minimum absolute atomic E-state index is 0.00202. The fourth-order valence-electron chi connectivity index (χ4n) is 4.02. The number of aliphatic hydroxyl groups excluding tert-OH is 1. The fraction of sp³-hybridized carbons (Fsp3) is 0.360. The third-order valence-corrected chi connectivity index (χ3v) is 5.64. The van der Waals surface area contributed by atoms with Gasteiger partial charge in [0.15, 0.2) is 0 Å². The molecule has 2 aromatic carbocycles. The van der Waals surface area contributed by atoms with Gasteiger partial charge in [-0.25, -0.2) is 0 Å². The highest BCUT2D eigenvalue weighted by Gasteiger charge is 2.47. The molecule has 0 aliphatic carbocycles. The van der Waals surface area contributed by atoms with Crippen molar-refractivity contribution in [1.29, 1.82) is 0 Å². The number of rotatable bonds is 9. The van der Waals surface area contributed by atoms with E-state index in [9.17, 15) is 14.7 Å². The highest BCUT2D eigenvalue weighted by atomic mass is 16.5. The number of hydrogen-bond donors (Lipinski definition) is 1. The monoisotopic (exact) mass is 454 g/mol. The molecule has 8 nitrogen and oxygen atoms in total. The second kappa shape index (κ2) is 10.4. The van der Waals surface area contributed by atoms with E-state index >= 15 is 0 Å². The number of nitrogens with zero attached hydrogens (tertiary/aromatic N) is 2. The lowest BCUT2D eigenvalue weighted by molar-refractivity contribution is -0.140. The van der Waals surface area contributed by atoms with Gasteiger partial charge in [0.1, 0.15) is 23.0 Å². The molecule has 0 aromatic heterocycles. The van der Waals surface area contributed by atoms with E-state index in [1.54, 1.807) is 30.3 Å². The highest BCUT2D eigenvalue weighted by molar-refractivity contribution is 6.46. The van der Waals surface area contributed by atoms with Gasteiger partial charge in [-0.1, -0.05) is 18.2 Å². The van der Waals surface area contributed by atoms with Crippen LogP contribution in [0.25, 0.3) is 5.76 Å². The zero-order valence-electron chi connectivity index (χ0n) is 19.6. The third-order valence-electron chi connectivity index (χ3n) is 5.64. The normalized spacial score (nSPS) is 17.5. The van der Waals surface area contributed by atoms with Crippen LogP contribution in [0.4, 0.5) is 0 Å². The summed E-state index contributed by atoms with van der Waals surface area (Å²) in [6.45, 7) is 1.09. The Kier molecular flexibility index (Phi) is 7.60. The Morgan fingerprint density at radius 1 is 1.00 bits per heavy atom. The minimum atomic E-state index is -0.796. The van der Waals surface area contributed by atoms with E-state index in [2.05, 4.69) is 0 Å². The second-order valence-electron chi connectivity index (χ2n) is 7.96. The molecule has 176 valence electrons. The molecular formula is C25H30N2O6. The zero-order valence-corrected chi connectivity index (χ0v) is 19.6. The van der Waals surface area contributed by atoms with Crippen molar-refractivity contribution in [3.8, 4) is 17.2 Å². The Balaban J connectivity index is 2.19. The molecule has 0 unspecified atom stereocenters. The van der Waals surface area contributed by atoms with Gasteiger partial charge in [0.25, 0.3) is 11.7 Å². The first-order valence-electron chi connectivity index (χ1n) is 10.6. The molecule has 33 heavy (non-hydrogen) atoms. The number of carbonyl (C=O) groups is 2.